The molecule has 2 aromatic rings. The lowest BCUT2D eigenvalue weighted by Gasteiger charge is -1.96. The molecule has 0 aliphatic carbocycles. The molecule has 0 saturated carbocycles. The van der Waals surface area contributed by atoms with E-state index < -0.39 is 0 Å². The van der Waals surface area contributed by atoms with Crippen LogP contribution in [-0.2, 0) is 0 Å². The van der Waals surface area contributed by atoms with Crippen LogP contribution in [0.5, 0.6) is 0 Å². The van der Waals surface area contributed by atoms with Crippen molar-refractivity contribution in [2.75, 3.05) is 0 Å². The van der Waals surface area contributed by atoms with Gasteiger partial charge in [0.15, 0.2) is 0 Å². The Morgan fingerprint density at radius 2 is 1.67 bits per heavy atom. The Balaban J connectivity index is 0.000000442. The predicted octanol–water partition coefficient (Wildman–Crippen LogP) is 3.39. The standard InChI is InChI=1S/C8H7N3.2C2H6/c1-6-7-2-3-9-4-8(7)11-5-10-6;2*1-2/h2-5H,1H3;2*1-2H3. The zero-order chi connectivity index (χ0) is 11.7. The molecule has 15 heavy (non-hydrogen) atoms. The molecule has 0 aromatic carbocycles. The van der Waals surface area contributed by atoms with Crippen LogP contribution in [0, 0.1) is 6.92 Å². The molecule has 0 spiro atoms. The largest absolute Gasteiger partial charge is 0.262 e. The highest BCUT2D eigenvalue weighted by Crippen LogP contribution is 2.10. The summed E-state index contributed by atoms with van der Waals surface area (Å²) in [4.78, 5) is 12.1. The molecule has 0 N–H and O–H groups in total. The summed E-state index contributed by atoms with van der Waals surface area (Å²) < 4.78 is 0. The van der Waals surface area contributed by atoms with Gasteiger partial charge in [0, 0.05) is 17.3 Å². The van der Waals surface area contributed by atoms with E-state index in [1.54, 1.807) is 18.7 Å². The van der Waals surface area contributed by atoms with Crippen LogP contribution < -0.4 is 0 Å². The summed E-state index contributed by atoms with van der Waals surface area (Å²) >= 11 is 0. The summed E-state index contributed by atoms with van der Waals surface area (Å²) in [6, 6.07) is 1.92. The van der Waals surface area contributed by atoms with Crippen LogP contribution in [0.3, 0.4) is 0 Å². The first-order valence-corrected chi connectivity index (χ1v) is 5.39. The summed E-state index contributed by atoms with van der Waals surface area (Å²) in [5.74, 6) is 0. The van der Waals surface area contributed by atoms with Gasteiger partial charge in [0.1, 0.15) is 6.33 Å². The number of fused-ring (bicyclic) bond motifs is 1. The molecule has 3 heteroatoms. The molecule has 3 nitrogen and oxygen atoms in total. The number of aromatic nitrogens is 3. The van der Waals surface area contributed by atoms with Crippen molar-refractivity contribution in [2.45, 2.75) is 34.6 Å². The first-order chi connectivity index (χ1) is 7.38. The maximum atomic E-state index is 4.07. The number of nitrogens with zero attached hydrogens (tertiary/aromatic N) is 3. The lowest BCUT2D eigenvalue weighted by Crippen LogP contribution is -1.86. The van der Waals surface area contributed by atoms with Crippen LogP contribution in [-0.4, -0.2) is 15.0 Å². The summed E-state index contributed by atoms with van der Waals surface area (Å²) in [6.07, 6.45) is 5.04. The first-order valence-electron chi connectivity index (χ1n) is 5.39. The van der Waals surface area contributed by atoms with E-state index in [-0.39, 0.29) is 0 Å². The van der Waals surface area contributed by atoms with Gasteiger partial charge in [-0.2, -0.15) is 0 Å². The van der Waals surface area contributed by atoms with Crippen LogP contribution in [0.2, 0.25) is 0 Å². The molecule has 0 atom stereocenters. The SMILES string of the molecule is CC.CC.Cc1ncnc2cnccc12. The van der Waals surface area contributed by atoms with Crippen molar-refractivity contribution in [1.29, 1.82) is 0 Å². The van der Waals surface area contributed by atoms with E-state index in [1.165, 1.54) is 0 Å². The third kappa shape index (κ3) is 3.62. The van der Waals surface area contributed by atoms with E-state index in [4.69, 9.17) is 0 Å². The van der Waals surface area contributed by atoms with Gasteiger partial charge in [0.05, 0.1) is 11.7 Å². The molecular formula is C12H19N3. The highest BCUT2D eigenvalue weighted by molar-refractivity contribution is 5.78. The quantitative estimate of drug-likeness (QED) is 0.661. The van der Waals surface area contributed by atoms with Gasteiger partial charge in [-0.15, -0.1) is 0 Å². The minimum atomic E-state index is 0.903. The third-order valence-electron chi connectivity index (χ3n) is 1.64. The van der Waals surface area contributed by atoms with E-state index in [9.17, 15) is 0 Å². The van der Waals surface area contributed by atoms with E-state index in [2.05, 4.69) is 15.0 Å². The molecule has 0 saturated heterocycles. The van der Waals surface area contributed by atoms with Crippen molar-refractivity contribution >= 4 is 10.9 Å². The molecular weight excluding hydrogens is 186 g/mol. The monoisotopic (exact) mass is 205 g/mol. The van der Waals surface area contributed by atoms with Gasteiger partial charge in [-0.1, -0.05) is 27.7 Å². The molecule has 0 aliphatic heterocycles. The second-order valence-electron chi connectivity index (χ2n) is 2.35. The Labute approximate surface area is 91.6 Å². The third-order valence-corrected chi connectivity index (χ3v) is 1.64. The molecule has 0 bridgehead atoms. The normalized spacial score (nSPS) is 8.33. The number of rotatable bonds is 0. The highest BCUT2D eigenvalue weighted by atomic mass is 14.8. The van der Waals surface area contributed by atoms with Crippen LogP contribution in [0.25, 0.3) is 10.9 Å². The molecule has 0 aliphatic rings. The Morgan fingerprint density at radius 3 is 2.27 bits per heavy atom. The van der Waals surface area contributed by atoms with Gasteiger partial charge < -0.3 is 0 Å². The predicted molar refractivity (Wildman–Crippen MR) is 64.8 cm³/mol. The fourth-order valence-corrected chi connectivity index (χ4v) is 1.04. The van der Waals surface area contributed by atoms with Gasteiger partial charge >= 0.3 is 0 Å². The summed E-state index contributed by atoms with van der Waals surface area (Å²) in [6.45, 7) is 9.96. The number of hydrogen-bond acceptors (Lipinski definition) is 3. The average molecular weight is 205 g/mol. The van der Waals surface area contributed by atoms with Crippen molar-refractivity contribution in [3.8, 4) is 0 Å². The van der Waals surface area contributed by atoms with E-state index in [0.717, 1.165) is 16.6 Å². The first kappa shape index (κ1) is 13.5. The smallest absolute Gasteiger partial charge is 0.116 e. The number of aryl methyl sites for hydroxylation is 1. The van der Waals surface area contributed by atoms with Gasteiger partial charge in [-0.3, -0.25) is 4.98 Å². The minimum absolute atomic E-state index is 0.903. The Bertz CT molecular complexity index is 380. The topological polar surface area (TPSA) is 38.7 Å². The van der Waals surface area contributed by atoms with Crippen LogP contribution in [0.4, 0.5) is 0 Å². The van der Waals surface area contributed by atoms with Crippen molar-refractivity contribution in [1.82, 2.24) is 15.0 Å². The molecule has 0 fully saturated rings. The van der Waals surface area contributed by atoms with Crippen molar-refractivity contribution in [3.05, 3.63) is 30.5 Å². The van der Waals surface area contributed by atoms with Crippen LogP contribution in [0.15, 0.2) is 24.8 Å². The van der Waals surface area contributed by atoms with E-state index >= 15 is 0 Å². The molecule has 2 heterocycles. The number of pyridine rings is 1. The Hall–Kier alpha value is -1.51. The summed E-state index contributed by atoms with van der Waals surface area (Å²) in [7, 11) is 0. The summed E-state index contributed by atoms with van der Waals surface area (Å²) in [5, 5.41) is 1.07. The van der Waals surface area contributed by atoms with Crippen LogP contribution >= 0.6 is 0 Å². The fraction of sp³-hybridized carbons (Fsp3) is 0.417. The van der Waals surface area contributed by atoms with Gasteiger partial charge in [-0.25, -0.2) is 9.97 Å². The lowest BCUT2D eigenvalue weighted by molar-refractivity contribution is 1.14. The Morgan fingerprint density at radius 1 is 1.00 bits per heavy atom. The molecule has 0 unspecified atom stereocenters. The number of hydrogen-bond donors (Lipinski definition) is 0. The van der Waals surface area contributed by atoms with Crippen molar-refractivity contribution < 1.29 is 0 Å². The lowest BCUT2D eigenvalue weighted by atomic mass is 10.2. The van der Waals surface area contributed by atoms with Crippen molar-refractivity contribution in [2.24, 2.45) is 0 Å². The molecule has 0 radical (unpaired) electrons. The second kappa shape index (κ2) is 7.85. The van der Waals surface area contributed by atoms with Gasteiger partial charge in [-0.05, 0) is 13.0 Å². The van der Waals surface area contributed by atoms with Gasteiger partial charge in [0.2, 0.25) is 0 Å². The zero-order valence-electron chi connectivity index (χ0n) is 10.2. The van der Waals surface area contributed by atoms with Crippen molar-refractivity contribution in [3.63, 3.8) is 0 Å². The average Bonchev–Trinajstić information content (AvgIpc) is 2.35. The second-order valence-corrected chi connectivity index (χ2v) is 2.35. The zero-order valence-corrected chi connectivity index (χ0v) is 10.2. The molecule has 2 rings (SSSR count). The molecule has 2 aromatic heterocycles. The molecule has 82 valence electrons. The maximum Gasteiger partial charge on any atom is 0.116 e. The Kier molecular flexibility index (Phi) is 7.06. The minimum Gasteiger partial charge on any atom is -0.262 e. The van der Waals surface area contributed by atoms with Crippen LogP contribution in [0.1, 0.15) is 33.4 Å². The van der Waals surface area contributed by atoms with Gasteiger partial charge in [0.25, 0.3) is 0 Å². The van der Waals surface area contributed by atoms with E-state index in [0.29, 0.717) is 0 Å². The van der Waals surface area contributed by atoms with E-state index in [1.807, 2.05) is 40.7 Å². The summed E-state index contributed by atoms with van der Waals surface area (Å²) in [5.41, 5.74) is 1.90. The molecule has 0 amide bonds. The maximum absolute atomic E-state index is 4.07. The highest BCUT2D eigenvalue weighted by Gasteiger charge is 1.95. The fourth-order valence-electron chi connectivity index (χ4n) is 1.04.